The molecule has 0 unspecified atom stereocenters. The number of carbonyl (C=O) groups is 1. The van der Waals surface area contributed by atoms with E-state index >= 15 is 0 Å². The largest absolute Gasteiger partial charge is 0.396 e. The normalized spacial score (nSPS) is 22.3. The maximum absolute atomic E-state index is 11.2. The zero-order valence-corrected chi connectivity index (χ0v) is 10.5. The van der Waals surface area contributed by atoms with Gasteiger partial charge in [-0.25, -0.2) is 0 Å². The fraction of sp³-hybridized carbons (Fsp3) is 0.462. The second-order valence-corrected chi connectivity index (χ2v) is 4.97. The Balaban J connectivity index is 2.12. The van der Waals surface area contributed by atoms with Gasteiger partial charge in [0.15, 0.2) is 0 Å². The van der Waals surface area contributed by atoms with Crippen LogP contribution in [0.5, 0.6) is 0 Å². The summed E-state index contributed by atoms with van der Waals surface area (Å²) in [6, 6.07) is 5.27. The van der Waals surface area contributed by atoms with Crippen LogP contribution in [0.1, 0.15) is 23.2 Å². The van der Waals surface area contributed by atoms with Crippen LogP contribution in [0.4, 0.5) is 11.4 Å². The highest BCUT2D eigenvalue weighted by Gasteiger charge is 2.28. The van der Waals surface area contributed by atoms with Crippen molar-refractivity contribution in [3.8, 4) is 0 Å². The Morgan fingerprint density at radius 2 is 2.17 bits per heavy atom. The highest BCUT2D eigenvalue weighted by atomic mass is 16.3. The third-order valence-electron chi connectivity index (χ3n) is 3.50. The van der Waals surface area contributed by atoms with Crippen LogP contribution in [0.3, 0.4) is 0 Å². The van der Waals surface area contributed by atoms with Crippen LogP contribution < -0.4 is 16.4 Å². The number of nitrogens with two attached hydrogens (primary N) is 2. The molecule has 0 saturated heterocycles. The molecule has 98 valence electrons. The number of amides is 1. The molecule has 0 heterocycles. The molecule has 2 rings (SSSR count). The van der Waals surface area contributed by atoms with Crippen LogP contribution in [0.15, 0.2) is 18.2 Å². The van der Waals surface area contributed by atoms with E-state index in [0.29, 0.717) is 17.2 Å². The molecule has 1 amide bonds. The summed E-state index contributed by atoms with van der Waals surface area (Å²) < 4.78 is 0. The third-order valence-corrected chi connectivity index (χ3v) is 3.50. The minimum atomic E-state index is -0.512. The minimum absolute atomic E-state index is 0.155. The van der Waals surface area contributed by atoms with E-state index < -0.39 is 5.91 Å². The van der Waals surface area contributed by atoms with Gasteiger partial charge in [0.2, 0.25) is 0 Å². The number of hydrogen-bond donors (Lipinski definition) is 3. The summed E-state index contributed by atoms with van der Waals surface area (Å²) in [6.07, 6.45) is 1.51. The van der Waals surface area contributed by atoms with Gasteiger partial charge in [0, 0.05) is 13.6 Å². The van der Waals surface area contributed by atoms with Crippen molar-refractivity contribution in [2.75, 3.05) is 24.2 Å². The van der Waals surface area contributed by atoms with Crippen LogP contribution in [0.2, 0.25) is 0 Å². The number of hydrogen-bond acceptors (Lipinski definition) is 4. The summed E-state index contributed by atoms with van der Waals surface area (Å²) >= 11 is 0. The first-order valence-corrected chi connectivity index (χ1v) is 6.06. The molecule has 1 saturated carbocycles. The van der Waals surface area contributed by atoms with Gasteiger partial charge in [-0.1, -0.05) is 6.07 Å². The van der Waals surface area contributed by atoms with Crippen molar-refractivity contribution in [3.63, 3.8) is 0 Å². The highest BCUT2D eigenvalue weighted by Crippen LogP contribution is 2.31. The van der Waals surface area contributed by atoms with Gasteiger partial charge in [0.05, 0.1) is 23.0 Å². The monoisotopic (exact) mass is 249 g/mol. The molecule has 5 heteroatoms. The number of aliphatic hydroxyl groups is 1. The van der Waals surface area contributed by atoms with Crippen molar-refractivity contribution in [1.82, 2.24) is 0 Å². The molecule has 1 fully saturated rings. The number of nitrogens with zero attached hydrogens (tertiary/aromatic N) is 1. The molecule has 5 nitrogen and oxygen atoms in total. The van der Waals surface area contributed by atoms with Crippen molar-refractivity contribution in [2.45, 2.75) is 18.9 Å². The van der Waals surface area contributed by atoms with E-state index in [-0.39, 0.29) is 6.10 Å². The predicted molar refractivity (Wildman–Crippen MR) is 71.4 cm³/mol. The van der Waals surface area contributed by atoms with Crippen LogP contribution in [0.25, 0.3) is 0 Å². The standard InChI is InChI=1S/C13H19N3O2/c1-16(7-8-5-9(17)6-8)11-4-2-3-10(12(11)14)13(15)18/h2-4,8-9,17H,5-7,14H2,1H3,(H2,15,18). The van der Waals surface area contributed by atoms with Crippen molar-refractivity contribution >= 4 is 17.3 Å². The van der Waals surface area contributed by atoms with Crippen molar-refractivity contribution in [2.24, 2.45) is 11.7 Å². The SMILES string of the molecule is CN(CC1CC(O)C1)c1cccc(C(N)=O)c1N. The molecule has 18 heavy (non-hydrogen) atoms. The fourth-order valence-corrected chi connectivity index (χ4v) is 2.44. The Hall–Kier alpha value is -1.75. The molecule has 0 bridgehead atoms. The quantitative estimate of drug-likeness (QED) is 0.680. The maximum Gasteiger partial charge on any atom is 0.250 e. The first-order valence-electron chi connectivity index (χ1n) is 6.06. The molecule has 0 spiro atoms. The van der Waals surface area contributed by atoms with Gasteiger partial charge in [-0.2, -0.15) is 0 Å². The Morgan fingerprint density at radius 1 is 1.50 bits per heavy atom. The zero-order chi connectivity index (χ0) is 13.3. The average molecular weight is 249 g/mol. The van der Waals surface area contributed by atoms with Crippen molar-refractivity contribution < 1.29 is 9.90 Å². The number of primary amides is 1. The van der Waals surface area contributed by atoms with Gasteiger partial charge >= 0.3 is 0 Å². The first kappa shape index (κ1) is 12.7. The van der Waals surface area contributed by atoms with E-state index in [2.05, 4.69) is 0 Å². The van der Waals surface area contributed by atoms with Crippen LogP contribution in [-0.4, -0.2) is 30.7 Å². The number of carbonyl (C=O) groups excluding carboxylic acids is 1. The smallest absolute Gasteiger partial charge is 0.250 e. The molecule has 0 aliphatic heterocycles. The Labute approximate surface area is 106 Å². The summed E-state index contributed by atoms with van der Waals surface area (Å²) in [6.45, 7) is 0.823. The molecular formula is C13H19N3O2. The number of rotatable bonds is 4. The molecule has 0 radical (unpaired) electrons. The fourth-order valence-electron chi connectivity index (χ4n) is 2.44. The average Bonchev–Trinajstić information content (AvgIpc) is 2.26. The van der Waals surface area contributed by atoms with Gasteiger partial charge in [-0.15, -0.1) is 0 Å². The van der Waals surface area contributed by atoms with Crippen LogP contribution in [0, 0.1) is 5.92 Å². The van der Waals surface area contributed by atoms with E-state index in [1.807, 2.05) is 18.0 Å². The molecule has 5 N–H and O–H groups in total. The molecule has 1 aromatic carbocycles. The summed E-state index contributed by atoms with van der Waals surface area (Å²) in [5.41, 5.74) is 12.8. The first-order chi connectivity index (χ1) is 8.49. The topological polar surface area (TPSA) is 92.6 Å². The van der Waals surface area contributed by atoms with Gasteiger partial charge < -0.3 is 21.5 Å². The summed E-state index contributed by atoms with van der Waals surface area (Å²) in [7, 11) is 1.93. The van der Waals surface area contributed by atoms with Crippen LogP contribution in [-0.2, 0) is 0 Å². The number of nitrogen functional groups attached to an aromatic ring is 1. The Bertz CT molecular complexity index is 456. The van der Waals surface area contributed by atoms with Gasteiger partial charge in [0.1, 0.15) is 0 Å². The summed E-state index contributed by atoms with van der Waals surface area (Å²) in [5.74, 6) is -0.0246. The second kappa shape index (κ2) is 4.86. The zero-order valence-electron chi connectivity index (χ0n) is 10.5. The predicted octanol–water partition coefficient (Wildman–Crippen LogP) is 0.575. The van der Waals surface area contributed by atoms with Gasteiger partial charge in [0.25, 0.3) is 5.91 Å². The van der Waals surface area contributed by atoms with Crippen LogP contribution >= 0.6 is 0 Å². The van der Waals surface area contributed by atoms with E-state index in [9.17, 15) is 9.90 Å². The van der Waals surface area contributed by atoms with E-state index in [4.69, 9.17) is 11.5 Å². The second-order valence-electron chi connectivity index (χ2n) is 4.97. The van der Waals surface area contributed by atoms with E-state index in [1.54, 1.807) is 12.1 Å². The van der Waals surface area contributed by atoms with Gasteiger partial charge in [-0.05, 0) is 30.9 Å². The summed E-state index contributed by atoms with van der Waals surface area (Å²) in [5, 5.41) is 9.27. The lowest BCUT2D eigenvalue weighted by molar-refractivity contribution is 0.0465. The maximum atomic E-state index is 11.2. The molecule has 0 atom stereocenters. The van der Waals surface area contributed by atoms with E-state index in [1.165, 1.54) is 0 Å². The Morgan fingerprint density at radius 3 is 2.72 bits per heavy atom. The molecular weight excluding hydrogens is 230 g/mol. The molecule has 1 aliphatic rings. The highest BCUT2D eigenvalue weighted by molar-refractivity contribution is 6.00. The number of para-hydroxylation sites is 1. The third kappa shape index (κ3) is 2.41. The lowest BCUT2D eigenvalue weighted by Gasteiger charge is -2.35. The number of benzene rings is 1. The van der Waals surface area contributed by atoms with Crippen molar-refractivity contribution in [3.05, 3.63) is 23.8 Å². The summed E-state index contributed by atoms with van der Waals surface area (Å²) in [4.78, 5) is 13.2. The molecule has 0 aromatic heterocycles. The number of aliphatic hydroxyl groups excluding tert-OH is 1. The number of anilines is 2. The minimum Gasteiger partial charge on any atom is -0.396 e. The molecule has 1 aliphatic carbocycles. The van der Waals surface area contributed by atoms with E-state index in [0.717, 1.165) is 25.1 Å². The van der Waals surface area contributed by atoms with Crippen molar-refractivity contribution in [1.29, 1.82) is 0 Å². The Kier molecular flexibility index (Phi) is 3.43. The lowest BCUT2D eigenvalue weighted by Crippen LogP contribution is -2.37. The lowest BCUT2D eigenvalue weighted by atomic mass is 9.82. The molecule has 1 aromatic rings. The van der Waals surface area contributed by atoms with Gasteiger partial charge in [-0.3, -0.25) is 4.79 Å².